The number of likely N-dealkylation sites (N-methyl/N-ethyl adjacent to an activating group) is 1. The monoisotopic (exact) mass is 380 g/mol. The maximum absolute atomic E-state index is 12.7. The summed E-state index contributed by atoms with van der Waals surface area (Å²) in [6.45, 7) is -0.0349. The minimum Gasteiger partial charge on any atom is -0.484 e. The van der Waals surface area contributed by atoms with Crippen molar-refractivity contribution >= 4 is 27.5 Å². The molecule has 3 aromatic rings. The van der Waals surface area contributed by atoms with E-state index in [-0.39, 0.29) is 18.3 Å². The highest BCUT2D eigenvalue weighted by molar-refractivity contribution is 7.18. The molecule has 2 aromatic carbocycles. The lowest BCUT2D eigenvalue weighted by Crippen LogP contribution is -2.30. The van der Waals surface area contributed by atoms with E-state index in [9.17, 15) is 18.0 Å². The van der Waals surface area contributed by atoms with Gasteiger partial charge in [0.25, 0.3) is 5.91 Å². The number of benzene rings is 2. The van der Waals surface area contributed by atoms with Crippen molar-refractivity contribution in [3.63, 3.8) is 0 Å². The molecule has 1 heterocycles. The highest BCUT2D eigenvalue weighted by atomic mass is 32.1. The predicted octanol–water partition coefficient (Wildman–Crippen LogP) is 4.35. The van der Waals surface area contributed by atoms with Crippen LogP contribution in [0.3, 0.4) is 0 Å². The van der Waals surface area contributed by atoms with E-state index < -0.39 is 11.7 Å². The zero-order chi connectivity index (χ0) is 18.7. The fourth-order valence-electron chi connectivity index (χ4n) is 2.30. The Hall–Kier alpha value is -2.61. The molecule has 0 saturated heterocycles. The molecule has 0 aliphatic carbocycles. The van der Waals surface area contributed by atoms with E-state index in [1.165, 1.54) is 28.4 Å². The Kier molecular flexibility index (Phi) is 5.13. The Morgan fingerprint density at radius 1 is 1.19 bits per heavy atom. The quantitative estimate of drug-likeness (QED) is 0.661. The van der Waals surface area contributed by atoms with Gasteiger partial charge in [0.2, 0.25) is 0 Å². The molecule has 0 fully saturated rings. The Bertz CT molecular complexity index is 891. The number of carbonyl (C=O) groups is 1. The maximum Gasteiger partial charge on any atom is 0.416 e. The summed E-state index contributed by atoms with van der Waals surface area (Å²) in [6.07, 6.45) is -4.45. The van der Waals surface area contributed by atoms with E-state index in [4.69, 9.17) is 4.74 Å². The van der Waals surface area contributed by atoms with Crippen LogP contribution in [0.4, 0.5) is 13.2 Å². The van der Waals surface area contributed by atoms with Crippen LogP contribution in [0.5, 0.6) is 5.75 Å². The van der Waals surface area contributed by atoms with E-state index in [1.54, 1.807) is 7.05 Å². The van der Waals surface area contributed by atoms with E-state index in [0.717, 1.165) is 27.4 Å². The van der Waals surface area contributed by atoms with Crippen LogP contribution in [-0.4, -0.2) is 29.4 Å². The second kappa shape index (κ2) is 7.33. The normalized spacial score (nSPS) is 11.5. The lowest BCUT2D eigenvalue weighted by Gasteiger charge is -2.16. The summed E-state index contributed by atoms with van der Waals surface area (Å²) < 4.78 is 44.3. The standard InChI is InChI=1S/C18H15F3N2O2S/c1-23(10-16-22-14-7-2-3-8-15(14)26-16)17(24)11-25-13-6-4-5-12(9-13)18(19,20)21/h2-9H,10-11H2,1H3. The molecule has 0 saturated carbocycles. The molecule has 0 aliphatic heterocycles. The number of thiazole rings is 1. The summed E-state index contributed by atoms with van der Waals surface area (Å²) in [4.78, 5) is 18.1. The molecule has 1 amide bonds. The van der Waals surface area contributed by atoms with Crippen molar-refractivity contribution in [2.24, 2.45) is 0 Å². The number of hydrogen-bond donors (Lipinski definition) is 0. The zero-order valence-electron chi connectivity index (χ0n) is 13.8. The first kappa shape index (κ1) is 18.2. The van der Waals surface area contributed by atoms with Crippen LogP contribution in [0, 0.1) is 0 Å². The zero-order valence-corrected chi connectivity index (χ0v) is 14.6. The summed E-state index contributed by atoms with van der Waals surface area (Å²) in [7, 11) is 1.60. The number of rotatable bonds is 5. The van der Waals surface area contributed by atoms with Crippen LogP contribution in [0.15, 0.2) is 48.5 Å². The number of fused-ring (bicyclic) bond motifs is 1. The van der Waals surface area contributed by atoms with Crippen LogP contribution in [0.2, 0.25) is 0 Å². The molecule has 0 radical (unpaired) electrons. The van der Waals surface area contributed by atoms with E-state index in [2.05, 4.69) is 4.98 Å². The number of aromatic nitrogens is 1. The van der Waals surface area contributed by atoms with Crippen LogP contribution in [0.25, 0.3) is 10.2 Å². The second-order valence-electron chi connectivity index (χ2n) is 5.64. The number of amides is 1. The van der Waals surface area contributed by atoms with Crippen molar-refractivity contribution in [2.75, 3.05) is 13.7 Å². The van der Waals surface area contributed by atoms with Gasteiger partial charge in [-0.1, -0.05) is 18.2 Å². The van der Waals surface area contributed by atoms with Crippen molar-refractivity contribution < 1.29 is 22.7 Å². The number of nitrogens with zero attached hydrogens (tertiary/aromatic N) is 2. The Morgan fingerprint density at radius 2 is 1.96 bits per heavy atom. The number of hydrogen-bond acceptors (Lipinski definition) is 4. The molecule has 136 valence electrons. The first-order valence-electron chi connectivity index (χ1n) is 7.71. The predicted molar refractivity (Wildman–Crippen MR) is 93.0 cm³/mol. The molecule has 0 spiro atoms. The van der Waals surface area contributed by atoms with Gasteiger partial charge < -0.3 is 9.64 Å². The molecule has 0 N–H and O–H groups in total. The fraction of sp³-hybridized carbons (Fsp3) is 0.222. The largest absolute Gasteiger partial charge is 0.484 e. The van der Waals surface area contributed by atoms with Gasteiger partial charge in [0.15, 0.2) is 6.61 Å². The van der Waals surface area contributed by atoms with E-state index in [0.29, 0.717) is 6.54 Å². The van der Waals surface area contributed by atoms with Gasteiger partial charge in [-0.2, -0.15) is 13.2 Å². The summed E-state index contributed by atoms with van der Waals surface area (Å²) in [6, 6.07) is 12.1. The summed E-state index contributed by atoms with van der Waals surface area (Å²) >= 11 is 1.49. The lowest BCUT2D eigenvalue weighted by atomic mass is 10.2. The SMILES string of the molecule is CN(Cc1nc2ccccc2s1)C(=O)COc1cccc(C(F)(F)F)c1. The molecule has 0 atom stereocenters. The van der Waals surface area contributed by atoms with Gasteiger partial charge in [0.1, 0.15) is 10.8 Å². The van der Waals surface area contributed by atoms with Gasteiger partial charge in [-0.25, -0.2) is 4.98 Å². The highest BCUT2D eigenvalue weighted by Gasteiger charge is 2.30. The van der Waals surface area contributed by atoms with Crippen LogP contribution in [-0.2, 0) is 17.5 Å². The summed E-state index contributed by atoms with van der Waals surface area (Å²) in [5.41, 5.74) is 0.0545. The topological polar surface area (TPSA) is 42.4 Å². The van der Waals surface area contributed by atoms with Gasteiger partial charge in [-0.15, -0.1) is 11.3 Å². The average molecular weight is 380 g/mol. The molecular weight excluding hydrogens is 365 g/mol. The highest BCUT2D eigenvalue weighted by Crippen LogP contribution is 2.31. The van der Waals surface area contributed by atoms with E-state index in [1.807, 2.05) is 24.3 Å². The molecule has 8 heteroatoms. The first-order chi connectivity index (χ1) is 12.3. The Labute approximate surface area is 151 Å². The number of alkyl halides is 3. The third-order valence-corrected chi connectivity index (χ3v) is 4.68. The molecule has 0 aliphatic rings. The minimum atomic E-state index is -4.45. The second-order valence-corrected chi connectivity index (χ2v) is 6.75. The number of ether oxygens (including phenoxy) is 1. The van der Waals surface area contributed by atoms with Crippen molar-refractivity contribution in [3.8, 4) is 5.75 Å². The molecule has 26 heavy (non-hydrogen) atoms. The maximum atomic E-state index is 12.7. The summed E-state index contributed by atoms with van der Waals surface area (Å²) in [5, 5.41) is 0.779. The third-order valence-electron chi connectivity index (χ3n) is 3.66. The van der Waals surface area contributed by atoms with Gasteiger partial charge in [-0.05, 0) is 30.3 Å². The van der Waals surface area contributed by atoms with Crippen LogP contribution < -0.4 is 4.74 Å². The lowest BCUT2D eigenvalue weighted by molar-refractivity contribution is -0.137. The van der Waals surface area contributed by atoms with Gasteiger partial charge in [0.05, 0.1) is 22.3 Å². The third kappa shape index (κ3) is 4.32. The molecule has 0 unspecified atom stereocenters. The number of para-hydroxylation sites is 1. The van der Waals surface area contributed by atoms with Gasteiger partial charge in [-0.3, -0.25) is 4.79 Å². The number of carbonyl (C=O) groups excluding carboxylic acids is 1. The van der Waals surface area contributed by atoms with Crippen molar-refractivity contribution in [1.82, 2.24) is 9.88 Å². The smallest absolute Gasteiger partial charge is 0.416 e. The van der Waals surface area contributed by atoms with Crippen molar-refractivity contribution in [2.45, 2.75) is 12.7 Å². The average Bonchev–Trinajstić information content (AvgIpc) is 3.01. The number of halogens is 3. The first-order valence-corrected chi connectivity index (χ1v) is 8.53. The van der Waals surface area contributed by atoms with Gasteiger partial charge >= 0.3 is 6.18 Å². The Balaban J connectivity index is 1.59. The fourth-order valence-corrected chi connectivity index (χ4v) is 3.32. The van der Waals surface area contributed by atoms with Crippen molar-refractivity contribution in [1.29, 1.82) is 0 Å². The molecular formula is C18H15F3N2O2S. The Morgan fingerprint density at radius 3 is 2.69 bits per heavy atom. The van der Waals surface area contributed by atoms with Gasteiger partial charge in [0, 0.05) is 7.05 Å². The van der Waals surface area contributed by atoms with Crippen LogP contribution >= 0.6 is 11.3 Å². The molecule has 3 rings (SSSR count). The van der Waals surface area contributed by atoms with E-state index >= 15 is 0 Å². The van der Waals surface area contributed by atoms with Crippen molar-refractivity contribution in [3.05, 3.63) is 59.1 Å². The minimum absolute atomic E-state index is 0.00145. The molecule has 0 bridgehead atoms. The van der Waals surface area contributed by atoms with Crippen LogP contribution in [0.1, 0.15) is 10.6 Å². The molecule has 1 aromatic heterocycles. The summed E-state index contributed by atoms with van der Waals surface area (Å²) in [5.74, 6) is -0.344. The molecule has 4 nitrogen and oxygen atoms in total.